The van der Waals surface area contributed by atoms with E-state index in [1.165, 1.54) is 25.2 Å². The van der Waals surface area contributed by atoms with Gasteiger partial charge in [-0.15, -0.1) is 0 Å². The normalized spacial score (nSPS) is 19.1. The van der Waals surface area contributed by atoms with Gasteiger partial charge in [0.25, 0.3) is 5.91 Å². The van der Waals surface area contributed by atoms with Crippen LogP contribution < -0.4 is 14.8 Å². The third kappa shape index (κ3) is 4.15. The van der Waals surface area contributed by atoms with Crippen LogP contribution in [-0.4, -0.2) is 61.6 Å². The number of hydrogen-bond acceptors (Lipinski definition) is 5. The highest BCUT2D eigenvalue weighted by Gasteiger charge is 2.48. The number of methoxy groups -OCH3 is 2. The summed E-state index contributed by atoms with van der Waals surface area (Å²) in [4.78, 5) is 37.9. The number of amides is 2. The number of hydrogen-bond donors (Lipinski definition) is 2. The molecule has 2 N–H and O–H groups in total. The summed E-state index contributed by atoms with van der Waals surface area (Å²) in [7, 11) is 2.97. The lowest BCUT2D eigenvalue weighted by molar-refractivity contribution is -0.151. The van der Waals surface area contributed by atoms with Gasteiger partial charge in [-0.25, -0.2) is 0 Å². The lowest BCUT2D eigenvalue weighted by Gasteiger charge is -2.28. The minimum atomic E-state index is -0.928. The lowest BCUT2D eigenvalue weighted by Crippen LogP contribution is -2.43. The third-order valence-corrected chi connectivity index (χ3v) is 5.23. The molecule has 8 nitrogen and oxygen atoms in total. The van der Waals surface area contributed by atoms with Crippen LogP contribution in [0, 0.1) is 11.3 Å². The molecule has 0 spiro atoms. The number of carboxylic acids is 1. The Labute approximate surface area is 158 Å². The Morgan fingerprint density at radius 3 is 2.41 bits per heavy atom. The number of rotatable bonds is 7. The van der Waals surface area contributed by atoms with Crippen LogP contribution in [0.2, 0.25) is 0 Å². The zero-order chi connectivity index (χ0) is 20.2. The summed E-state index contributed by atoms with van der Waals surface area (Å²) in [5.74, 6) is -0.777. The van der Waals surface area contributed by atoms with Crippen LogP contribution in [-0.2, 0) is 9.59 Å². The van der Waals surface area contributed by atoms with E-state index in [2.05, 4.69) is 5.32 Å². The van der Waals surface area contributed by atoms with Crippen molar-refractivity contribution in [2.75, 3.05) is 33.9 Å². The van der Waals surface area contributed by atoms with E-state index in [0.29, 0.717) is 30.0 Å². The average molecular weight is 378 g/mol. The maximum atomic E-state index is 12.4. The molecule has 1 aliphatic rings. The number of carboxylic acid groups (broad SMARTS) is 1. The second-order valence-electron chi connectivity index (χ2n) is 6.93. The molecule has 0 saturated carbocycles. The quantitative estimate of drug-likeness (QED) is 0.743. The summed E-state index contributed by atoms with van der Waals surface area (Å²) in [5, 5.41) is 12.1. The molecule has 1 fully saturated rings. The molecule has 1 atom stereocenters. The van der Waals surface area contributed by atoms with E-state index in [9.17, 15) is 19.5 Å². The molecule has 1 aromatic rings. The van der Waals surface area contributed by atoms with Gasteiger partial charge in [-0.1, -0.05) is 13.8 Å². The highest BCUT2D eigenvalue weighted by atomic mass is 16.5. The van der Waals surface area contributed by atoms with Crippen molar-refractivity contribution in [3.8, 4) is 11.5 Å². The number of carbonyl (C=O) groups excluding carboxylic acids is 2. The Balaban J connectivity index is 1.98. The fourth-order valence-electron chi connectivity index (χ4n) is 3.29. The second-order valence-corrected chi connectivity index (χ2v) is 6.93. The third-order valence-electron chi connectivity index (χ3n) is 5.23. The molecular weight excluding hydrogens is 352 g/mol. The molecule has 1 aliphatic heterocycles. The van der Waals surface area contributed by atoms with Crippen molar-refractivity contribution >= 4 is 17.8 Å². The van der Waals surface area contributed by atoms with Gasteiger partial charge >= 0.3 is 5.97 Å². The second kappa shape index (κ2) is 8.28. The highest BCUT2D eigenvalue weighted by molar-refractivity contribution is 5.97. The molecule has 1 aromatic carbocycles. The number of aliphatic carboxylic acids is 1. The standard InChI is InChI=1S/C19H26N2O6/c1-12(2)19(18(24)25)7-8-21(11-19)16(22)10-20-17(23)13-5-6-14(26-3)15(9-13)27-4/h5-6,9,12H,7-8,10-11H2,1-4H3,(H,20,23)(H,24,25). The number of carbonyl (C=O) groups is 3. The highest BCUT2D eigenvalue weighted by Crippen LogP contribution is 2.38. The van der Waals surface area contributed by atoms with Crippen LogP contribution in [0.25, 0.3) is 0 Å². The molecule has 0 aliphatic carbocycles. The van der Waals surface area contributed by atoms with Crippen molar-refractivity contribution in [1.82, 2.24) is 10.2 Å². The smallest absolute Gasteiger partial charge is 0.311 e. The van der Waals surface area contributed by atoms with Crippen LogP contribution in [0.4, 0.5) is 0 Å². The Morgan fingerprint density at radius 1 is 1.22 bits per heavy atom. The van der Waals surface area contributed by atoms with Gasteiger partial charge in [0.1, 0.15) is 0 Å². The molecule has 2 amide bonds. The first-order valence-electron chi connectivity index (χ1n) is 8.76. The van der Waals surface area contributed by atoms with Crippen LogP contribution in [0.15, 0.2) is 18.2 Å². The summed E-state index contributed by atoms with van der Waals surface area (Å²) in [6.07, 6.45) is 0.412. The van der Waals surface area contributed by atoms with Gasteiger partial charge in [0.2, 0.25) is 5.91 Å². The summed E-state index contributed by atoms with van der Waals surface area (Å²) >= 11 is 0. The van der Waals surface area contributed by atoms with Gasteiger partial charge in [0.05, 0.1) is 26.2 Å². The summed E-state index contributed by atoms with van der Waals surface area (Å²) < 4.78 is 10.3. The van der Waals surface area contributed by atoms with Crippen molar-refractivity contribution in [2.45, 2.75) is 20.3 Å². The molecule has 0 aromatic heterocycles. The topological polar surface area (TPSA) is 105 Å². The van der Waals surface area contributed by atoms with Crippen LogP contribution in [0.5, 0.6) is 11.5 Å². The fraction of sp³-hybridized carbons (Fsp3) is 0.526. The SMILES string of the molecule is COc1ccc(C(=O)NCC(=O)N2CCC(C(=O)O)(C(C)C)C2)cc1OC. The molecule has 1 heterocycles. The number of nitrogens with zero attached hydrogens (tertiary/aromatic N) is 1. The zero-order valence-corrected chi connectivity index (χ0v) is 16.1. The van der Waals surface area contributed by atoms with Gasteiger partial charge in [-0.3, -0.25) is 14.4 Å². The first kappa shape index (κ1) is 20.5. The van der Waals surface area contributed by atoms with E-state index in [1.54, 1.807) is 12.1 Å². The lowest BCUT2D eigenvalue weighted by atomic mass is 9.76. The van der Waals surface area contributed by atoms with E-state index in [1.807, 2.05) is 13.8 Å². The fourth-order valence-corrected chi connectivity index (χ4v) is 3.29. The van der Waals surface area contributed by atoms with Crippen LogP contribution >= 0.6 is 0 Å². The van der Waals surface area contributed by atoms with E-state index in [4.69, 9.17) is 9.47 Å². The van der Waals surface area contributed by atoms with Gasteiger partial charge in [-0.05, 0) is 30.5 Å². The minimum Gasteiger partial charge on any atom is -0.493 e. The van der Waals surface area contributed by atoms with Gasteiger partial charge < -0.3 is 24.8 Å². The zero-order valence-electron chi connectivity index (χ0n) is 16.1. The molecule has 2 rings (SSSR count). The molecule has 8 heteroatoms. The molecule has 1 saturated heterocycles. The van der Waals surface area contributed by atoms with E-state index >= 15 is 0 Å². The van der Waals surface area contributed by atoms with Crippen LogP contribution in [0.3, 0.4) is 0 Å². The Hall–Kier alpha value is -2.77. The first-order chi connectivity index (χ1) is 12.7. The van der Waals surface area contributed by atoms with Gasteiger partial charge in [0.15, 0.2) is 11.5 Å². The summed E-state index contributed by atoms with van der Waals surface area (Å²) in [6, 6.07) is 4.72. The maximum absolute atomic E-state index is 12.4. The summed E-state index contributed by atoms with van der Waals surface area (Å²) in [5.41, 5.74) is -0.591. The Kier molecular flexibility index (Phi) is 6.30. The van der Waals surface area contributed by atoms with Crippen molar-refractivity contribution in [1.29, 1.82) is 0 Å². The van der Waals surface area contributed by atoms with Crippen molar-refractivity contribution in [3.63, 3.8) is 0 Å². The molecule has 148 valence electrons. The number of ether oxygens (including phenoxy) is 2. The molecule has 27 heavy (non-hydrogen) atoms. The van der Waals surface area contributed by atoms with E-state index in [0.717, 1.165) is 0 Å². The van der Waals surface area contributed by atoms with Gasteiger partial charge in [-0.2, -0.15) is 0 Å². The Bertz CT molecular complexity index is 733. The molecular formula is C19H26N2O6. The predicted molar refractivity (Wildman–Crippen MR) is 98.0 cm³/mol. The van der Waals surface area contributed by atoms with Crippen molar-refractivity contribution < 1.29 is 29.0 Å². The van der Waals surface area contributed by atoms with E-state index < -0.39 is 17.3 Å². The van der Waals surface area contributed by atoms with Gasteiger partial charge in [0, 0.05) is 18.7 Å². The largest absolute Gasteiger partial charge is 0.493 e. The van der Waals surface area contributed by atoms with E-state index in [-0.39, 0.29) is 24.9 Å². The Morgan fingerprint density at radius 2 is 1.89 bits per heavy atom. The predicted octanol–water partition coefficient (Wildman–Crippen LogP) is 1.39. The maximum Gasteiger partial charge on any atom is 0.311 e. The first-order valence-corrected chi connectivity index (χ1v) is 8.76. The van der Waals surface area contributed by atoms with Crippen LogP contribution in [0.1, 0.15) is 30.6 Å². The number of benzene rings is 1. The van der Waals surface area contributed by atoms with Crippen molar-refractivity contribution in [3.05, 3.63) is 23.8 Å². The minimum absolute atomic E-state index is 0.0887. The number of nitrogens with one attached hydrogen (secondary N) is 1. The average Bonchev–Trinajstić information content (AvgIpc) is 3.12. The monoisotopic (exact) mass is 378 g/mol. The molecule has 0 bridgehead atoms. The summed E-state index contributed by atoms with van der Waals surface area (Å²) in [6.45, 7) is 4.03. The van der Waals surface area contributed by atoms with Crippen molar-refractivity contribution in [2.24, 2.45) is 11.3 Å². The number of likely N-dealkylation sites (tertiary alicyclic amines) is 1. The molecule has 0 radical (unpaired) electrons. The molecule has 1 unspecified atom stereocenters.